The van der Waals surface area contributed by atoms with Crippen LogP contribution >= 0.6 is 0 Å². The van der Waals surface area contributed by atoms with Crippen molar-refractivity contribution in [3.05, 3.63) is 36.5 Å². The van der Waals surface area contributed by atoms with Gasteiger partial charge in [0.2, 0.25) is 0 Å². The Hall–Kier alpha value is -1.05. The monoisotopic (exact) mass is 179 g/mol. The molecule has 1 aromatic rings. The topological polar surface area (TPSA) is 9.23 Å². The van der Waals surface area contributed by atoms with Crippen LogP contribution in [0.15, 0.2) is 24.3 Å². The molecule has 1 saturated carbocycles. The van der Waals surface area contributed by atoms with Crippen LogP contribution < -0.4 is 4.74 Å². The van der Waals surface area contributed by atoms with Gasteiger partial charge in [-0.2, -0.15) is 0 Å². The van der Waals surface area contributed by atoms with Gasteiger partial charge >= 0.3 is 0 Å². The normalized spacial score (nSPS) is 17.6. The number of ether oxygens (including phenoxy) is 1. The molecule has 1 fully saturated rings. The fourth-order valence-corrected chi connectivity index (χ4v) is 1.54. The number of hydrogen-bond donors (Lipinski definition) is 0. The Morgan fingerprint density at radius 2 is 2.00 bits per heavy atom. The van der Waals surface area contributed by atoms with Crippen LogP contribution in [0.25, 0.3) is 0 Å². The van der Waals surface area contributed by atoms with Crippen molar-refractivity contribution < 1.29 is 9.13 Å². The van der Waals surface area contributed by atoms with E-state index in [-0.39, 0.29) is 5.82 Å². The van der Waals surface area contributed by atoms with Crippen LogP contribution in [-0.2, 0) is 0 Å². The second-order valence-electron chi connectivity index (χ2n) is 3.30. The maximum absolute atomic E-state index is 12.5. The Labute approximate surface area is 77.5 Å². The van der Waals surface area contributed by atoms with Crippen molar-refractivity contribution >= 4 is 0 Å². The van der Waals surface area contributed by atoms with Gasteiger partial charge in [-0.3, -0.25) is 0 Å². The van der Waals surface area contributed by atoms with Crippen molar-refractivity contribution in [1.29, 1.82) is 0 Å². The van der Waals surface area contributed by atoms with E-state index in [0.717, 1.165) is 25.0 Å². The Morgan fingerprint density at radius 3 is 2.62 bits per heavy atom. The van der Waals surface area contributed by atoms with E-state index < -0.39 is 0 Å². The lowest BCUT2D eigenvalue weighted by atomic mass is 10.3. The lowest BCUT2D eigenvalue weighted by molar-refractivity contribution is 0.212. The summed E-state index contributed by atoms with van der Waals surface area (Å²) in [6, 6.07) is 6.20. The molecule has 1 aromatic carbocycles. The second-order valence-corrected chi connectivity index (χ2v) is 3.30. The molecule has 1 atom stereocenters. The summed E-state index contributed by atoms with van der Waals surface area (Å²) in [6.45, 7) is 0. The zero-order valence-electron chi connectivity index (χ0n) is 7.37. The van der Waals surface area contributed by atoms with E-state index in [4.69, 9.17) is 4.74 Å². The molecule has 0 spiro atoms. The van der Waals surface area contributed by atoms with Crippen LogP contribution in [0.5, 0.6) is 5.75 Å². The number of rotatable bonds is 2. The zero-order valence-corrected chi connectivity index (χ0v) is 7.37. The van der Waals surface area contributed by atoms with Gasteiger partial charge in [0.15, 0.2) is 0 Å². The van der Waals surface area contributed by atoms with E-state index in [0.29, 0.717) is 6.10 Å². The predicted octanol–water partition coefficient (Wildman–Crippen LogP) is 2.96. The van der Waals surface area contributed by atoms with E-state index in [1.807, 2.05) is 0 Å². The molecule has 1 aliphatic rings. The molecule has 13 heavy (non-hydrogen) atoms. The smallest absolute Gasteiger partial charge is 0.123 e. The molecule has 1 radical (unpaired) electrons. The van der Waals surface area contributed by atoms with Crippen LogP contribution in [0.1, 0.15) is 19.3 Å². The predicted molar refractivity (Wildman–Crippen MR) is 49.0 cm³/mol. The molecule has 0 bridgehead atoms. The Balaban J connectivity index is 1.97. The van der Waals surface area contributed by atoms with Gasteiger partial charge in [0.05, 0.1) is 6.10 Å². The standard InChI is InChI=1S/C11H12FO/c12-9-5-7-11(8-6-9)13-10-3-1-2-4-10/h1,5-8,10H,2-4H2. The van der Waals surface area contributed by atoms with Crippen molar-refractivity contribution in [1.82, 2.24) is 0 Å². The summed E-state index contributed by atoms with van der Waals surface area (Å²) >= 11 is 0. The minimum atomic E-state index is -0.217. The zero-order chi connectivity index (χ0) is 9.10. The van der Waals surface area contributed by atoms with Crippen molar-refractivity contribution in [2.24, 2.45) is 0 Å². The first kappa shape index (κ1) is 8.54. The third kappa shape index (κ3) is 2.20. The van der Waals surface area contributed by atoms with Gasteiger partial charge in [0.1, 0.15) is 11.6 Å². The highest BCUT2D eigenvalue weighted by Crippen LogP contribution is 2.23. The SMILES string of the molecule is Fc1ccc(OC2C[CH]CC2)cc1. The van der Waals surface area contributed by atoms with Gasteiger partial charge in [0, 0.05) is 0 Å². The first-order chi connectivity index (χ1) is 6.34. The number of halogens is 1. The fraction of sp³-hybridized carbons (Fsp3) is 0.364. The van der Waals surface area contributed by atoms with Crippen LogP contribution in [0.2, 0.25) is 0 Å². The molecular formula is C11H12FO. The Kier molecular flexibility index (Phi) is 2.48. The first-order valence-electron chi connectivity index (χ1n) is 4.58. The molecule has 0 amide bonds. The third-order valence-electron chi connectivity index (χ3n) is 2.24. The van der Waals surface area contributed by atoms with Crippen LogP contribution in [0.3, 0.4) is 0 Å². The minimum Gasteiger partial charge on any atom is -0.490 e. The number of benzene rings is 1. The molecule has 0 aliphatic heterocycles. The van der Waals surface area contributed by atoms with Crippen LogP contribution in [0, 0.1) is 12.2 Å². The quantitative estimate of drug-likeness (QED) is 0.678. The minimum absolute atomic E-state index is 0.217. The second kappa shape index (κ2) is 3.77. The highest BCUT2D eigenvalue weighted by atomic mass is 19.1. The summed E-state index contributed by atoms with van der Waals surface area (Å²) in [6.07, 6.45) is 5.75. The van der Waals surface area contributed by atoms with Gasteiger partial charge in [-0.1, -0.05) is 0 Å². The summed E-state index contributed by atoms with van der Waals surface area (Å²) in [7, 11) is 0. The molecule has 1 unspecified atom stereocenters. The maximum Gasteiger partial charge on any atom is 0.123 e. The molecule has 2 heteroatoms. The van der Waals surface area contributed by atoms with E-state index in [2.05, 4.69) is 6.42 Å². The summed E-state index contributed by atoms with van der Waals surface area (Å²) in [5, 5.41) is 0. The highest BCUT2D eigenvalue weighted by molar-refractivity contribution is 5.22. The molecule has 1 nitrogen and oxygen atoms in total. The summed E-state index contributed by atoms with van der Waals surface area (Å²) < 4.78 is 18.2. The van der Waals surface area contributed by atoms with E-state index in [1.165, 1.54) is 12.1 Å². The molecule has 0 heterocycles. The maximum atomic E-state index is 12.5. The Bertz CT molecular complexity index is 262. The molecule has 0 N–H and O–H groups in total. The van der Waals surface area contributed by atoms with Gasteiger partial charge < -0.3 is 4.74 Å². The van der Waals surface area contributed by atoms with Crippen molar-refractivity contribution in [2.75, 3.05) is 0 Å². The number of hydrogen-bond acceptors (Lipinski definition) is 1. The van der Waals surface area contributed by atoms with Gasteiger partial charge in [-0.05, 0) is 49.9 Å². The van der Waals surface area contributed by atoms with Crippen molar-refractivity contribution in [3.8, 4) is 5.75 Å². The van der Waals surface area contributed by atoms with Gasteiger partial charge in [-0.25, -0.2) is 4.39 Å². The van der Waals surface area contributed by atoms with Crippen molar-refractivity contribution in [3.63, 3.8) is 0 Å². The molecule has 0 saturated heterocycles. The summed E-state index contributed by atoms with van der Waals surface area (Å²) in [5.74, 6) is 0.548. The van der Waals surface area contributed by atoms with E-state index >= 15 is 0 Å². The average Bonchev–Trinajstić information content (AvgIpc) is 2.62. The summed E-state index contributed by atoms with van der Waals surface area (Å²) in [4.78, 5) is 0. The first-order valence-corrected chi connectivity index (χ1v) is 4.58. The lowest BCUT2D eigenvalue weighted by Gasteiger charge is -2.12. The fourth-order valence-electron chi connectivity index (χ4n) is 1.54. The largest absolute Gasteiger partial charge is 0.490 e. The van der Waals surface area contributed by atoms with Crippen LogP contribution in [-0.4, -0.2) is 6.10 Å². The van der Waals surface area contributed by atoms with E-state index in [9.17, 15) is 4.39 Å². The third-order valence-corrected chi connectivity index (χ3v) is 2.24. The van der Waals surface area contributed by atoms with Crippen molar-refractivity contribution in [2.45, 2.75) is 25.4 Å². The summed E-state index contributed by atoms with van der Waals surface area (Å²) in [5.41, 5.74) is 0. The van der Waals surface area contributed by atoms with E-state index in [1.54, 1.807) is 12.1 Å². The Morgan fingerprint density at radius 1 is 1.23 bits per heavy atom. The molecule has 2 rings (SSSR count). The molecule has 1 aliphatic carbocycles. The molecular weight excluding hydrogens is 167 g/mol. The molecule has 0 aromatic heterocycles. The highest BCUT2D eigenvalue weighted by Gasteiger charge is 2.16. The van der Waals surface area contributed by atoms with Crippen LogP contribution in [0.4, 0.5) is 4.39 Å². The average molecular weight is 179 g/mol. The lowest BCUT2D eigenvalue weighted by Crippen LogP contribution is -2.10. The van der Waals surface area contributed by atoms with Gasteiger partial charge in [-0.15, -0.1) is 0 Å². The van der Waals surface area contributed by atoms with Gasteiger partial charge in [0.25, 0.3) is 0 Å². The molecule has 69 valence electrons.